The number of nitrogens with zero attached hydrogens (tertiary/aromatic N) is 6. The van der Waals surface area contributed by atoms with Gasteiger partial charge < -0.3 is 10.1 Å². The number of fused-ring (bicyclic) bond motifs is 1. The van der Waals surface area contributed by atoms with Crippen molar-refractivity contribution < 1.29 is 4.74 Å². The third kappa shape index (κ3) is 3.66. The van der Waals surface area contributed by atoms with Gasteiger partial charge in [0.25, 0.3) is 0 Å². The van der Waals surface area contributed by atoms with E-state index >= 15 is 0 Å². The van der Waals surface area contributed by atoms with Crippen LogP contribution in [0.5, 0.6) is 5.75 Å². The number of aryl methyl sites for hydroxylation is 1. The molecule has 1 N–H and O–H groups in total. The van der Waals surface area contributed by atoms with Gasteiger partial charge in [-0.05, 0) is 36.5 Å². The number of ether oxygens (including phenoxy) is 1. The summed E-state index contributed by atoms with van der Waals surface area (Å²) in [5, 5.41) is 12.7. The molecule has 0 unspecified atom stereocenters. The SMILES string of the molecule is Cn1cc(Nc2ncc3cnn(Cc4cccc(OCC5CC5)c4)c3n2)cn1. The molecule has 3 heterocycles. The number of hydrogen-bond donors (Lipinski definition) is 1. The Bertz CT molecular complexity index is 1110. The first-order valence-electron chi connectivity index (χ1n) is 9.39. The van der Waals surface area contributed by atoms with Gasteiger partial charge in [0, 0.05) is 19.4 Å². The fourth-order valence-electron chi connectivity index (χ4n) is 3.06. The lowest BCUT2D eigenvalue weighted by atomic mass is 10.2. The number of anilines is 2. The van der Waals surface area contributed by atoms with Crippen molar-refractivity contribution in [2.75, 3.05) is 11.9 Å². The van der Waals surface area contributed by atoms with E-state index in [0.29, 0.717) is 12.5 Å². The van der Waals surface area contributed by atoms with Gasteiger partial charge in [-0.25, -0.2) is 9.67 Å². The summed E-state index contributed by atoms with van der Waals surface area (Å²) >= 11 is 0. The molecule has 0 atom stereocenters. The summed E-state index contributed by atoms with van der Waals surface area (Å²) < 4.78 is 9.50. The average Bonchev–Trinajstić information content (AvgIpc) is 3.33. The Labute approximate surface area is 162 Å². The fraction of sp³-hybridized carbons (Fsp3) is 0.300. The Kier molecular flexibility index (Phi) is 4.16. The molecule has 8 heteroatoms. The molecule has 1 saturated carbocycles. The average molecular weight is 375 g/mol. The van der Waals surface area contributed by atoms with Crippen molar-refractivity contribution in [2.24, 2.45) is 13.0 Å². The Balaban J connectivity index is 1.36. The largest absolute Gasteiger partial charge is 0.493 e. The monoisotopic (exact) mass is 375 g/mol. The zero-order valence-corrected chi connectivity index (χ0v) is 15.6. The van der Waals surface area contributed by atoms with Gasteiger partial charge in [-0.3, -0.25) is 4.68 Å². The highest BCUT2D eigenvalue weighted by molar-refractivity contribution is 5.75. The number of hydrogen-bond acceptors (Lipinski definition) is 6. The van der Waals surface area contributed by atoms with Gasteiger partial charge in [0.15, 0.2) is 5.65 Å². The second-order valence-corrected chi connectivity index (χ2v) is 7.20. The number of aromatic nitrogens is 6. The lowest BCUT2D eigenvalue weighted by Gasteiger charge is -2.08. The molecule has 0 aliphatic heterocycles. The highest BCUT2D eigenvalue weighted by Gasteiger charge is 2.21. The Morgan fingerprint density at radius 2 is 2.11 bits per heavy atom. The molecule has 4 aromatic rings. The zero-order valence-electron chi connectivity index (χ0n) is 15.6. The standard InChI is InChI=1S/C20H21N7O/c1-26-12-17(10-22-26)24-20-21-8-16-9-23-27(19(16)25-20)11-15-3-2-4-18(7-15)28-13-14-5-6-14/h2-4,7-10,12,14H,5-6,11,13H2,1H3,(H,21,24,25). The predicted octanol–water partition coefficient (Wildman–Crippen LogP) is 3.14. The summed E-state index contributed by atoms with van der Waals surface area (Å²) in [4.78, 5) is 9.00. The molecule has 0 amide bonds. The van der Waals surface area contributed by atoms with E-state index in [-0.39, 0.29) is 0 Å². The molecule has 3 aromatic heterocycles. The van der Waals surface area contributed by atoms with Crippen molar-refractivity contribution in [3.63, 3.8) is 0 Å². The minimum Gasteiger partial charge on any atom is -0.493 e. The van der Waals surface area contributed by atoms with E-state index in [2.05, 4.69) is 37.6 Å². The first-order valence-corrected chi connectivity index (χ1v) is 9.39. The molecule has 0 radical (unpaired) electrons. The lowest BCUT2D eigenvalue weighted by Crippen LogP contribution is -2.05. The molecule has 1 aliphatic carbocycles. The van der Waals surface area contributed by atoms with Crippen molar-refractivity contribution in [3.8, 4) is 5.75 Å². The van der Waals surface area contributed by atoms with Crippen LogP contribution in [0.3, 0.4) is 0 Å². The van der Waals surface area contributed by atoms with Crippen LogP contribution in [0.1, 0.15) is 18.4 Å². The Morgan fingerprint density at radius 3 is 2.93 bits per heavy atom. The van der Waals surface area contributed by atoms with Crippen LogP contribution in [0.4, 0.5) is 11.6 Å². The second-order valence-electron chi connectivity index (χ2n) is 7.20. The summed E-state index contributed by atoms with van der Waals surface area (Å²) in [6, 6.07) is 8.18. The summed E-state index contributed by atoms with van der Waals surface area (Å²) in [5.74, 6) is 2.17. The third-order valence-electron chi connectivity index (χ3n) is 4.75. The molecule has 28 heavy (non-hydrogen) atoms. The maximum Gasteiger partial charge on any atom is 0.229 e. The van der Waals surface area contributed by atoms with Gasteiger partial charge >= 0.3 is 0 Å². The van der Waals surface area contributed by atoms with Crippen LogP contribution >= 0.6 is 0 Å². The van der Waals surface area contributed by atoms with Gasteiger partial charge in [0.05, 0.1) is 36.6 Å². The number of nitrogens with one attached hydrogen (secondary N) is 1. The zero-order chi connectivity index (χ0) is 18.9. The van der Waals surface area contributed by atoms with E-state index in [1.165, 1.54) is 12.8 Å². The smallest absolute Gasteiger partial charge is 0.229 e. The maximum absolute atomic E-state index is 5.89. The second kappa shape index (κ2) is 6.95. The normalized spacial score (nSPS) is 13.8. The van der Waals surface area contributed by atoms with Crippen LogP contribution in [-0.2, 0) is 13.6 Å². The molecule has 1 fully saturated rings. The first-order chi connectivity index (χ1) is 13.7. The lowest BCUT2D eigenvalue weighted by molar-refractivity contribution is 0.299. The van der Waals surface area contributed by atoms with E-state index < -0.39 is 0 Å². The molecule has 142 valence electrons. The molecule has 5 rings (SSSR count). The Morgan fingerprint density at radius 1 is 1.18 bits per heavy atom. The van der Waals surface area contributed by atoms with Gasteiger partial charge in [0.1, 0.15) is 5.75 Å². The van der Waals surface area contributed by atoms with Crippen LogP contribution < -0.4 is 10.1 Å². The highest BCUT2D eigenvalue weighted by Crippen LogP contribution is 2.29. The molecular formula is C20H21N7O. The molecule has 0 spiro atoms. The van der Waals surface area contributed by atoms with Crippen LogP contribution in [0.2, 0.25) is 0 Å². The van der Waals surface area contributed by atoms with Crippen molar-refractivity contribution in [1.82, 2.24) is 29.5 Å². The molecule has 0 bridgehead atoms. The fourth-order valence-corrected chi connectivity index (χ4v) is 3.06. The minimum absolute atomic E-state index is 0.517. The molecule has 8 nitrogen and oxygen atoms in total. The van der Waals surface area contributed by atoms with Crippen molar-refractivity contribution in [3.05, 3.63) is 54.6 Å². The van der Waals surface area contributed by atoms with Gasteiger partial charge in [-0.2, -0.15) is 15.2 Å². The van der Waals surface area contributed by atoms with E-state index in [9.17, 15) is 0 Å². The quantitative estimate of drug-likeness (QED) is 0.534. The maximum atomic E-state index is 5.89. The summed E-state index contributed by atoms with van der Waals surface area (Å²) in [5.41, 5.74) is 2.75. The summed E-state index contributed by atoms with van der Waals surface area (Å²) in [6.07, 6.45) is 9.74. The van der Waals surface area contributed by atoms with Gasteiger partial charge in [-0.1, -0.05) is 12.1 Å². The van der Waals surface area contributed by atoms with E-state index in [1.54, 1.807) is 23.3 Å². The van der Waals surface area contributed by atoms with Crippen molar-refractivity contribution >= 4 is 22.7 Å². The molecule has 1 aromatic carbocycles. The highest BCUT2D eigenvalue weighted by atomic mass is 16.5. The van der Waals surface area contributed by atoms with Crippen LogP contribution in [0.15, 0.2) is 49.1 Å². The van der Waals surface area contributed by atoms with Crippen LogP contribution in [0, 0.1) is 5.92 Å². The first kappa shape index (κ1) is 16.7. The number of benzene rings is 1. The van der Waals surface area contributed by atoms with E-state index in [0.717, 1.165) is 40.6 Å². The predicted molar refractivity (Wildman–Crippen MR) is 106 cm³/mol. The van der Waals surface area contributed by atoms with Crippen molar-refractivity contribution in [2.45, 2.75) is 19.4 Å². The number of rotatable bonds is 7. The van der Waals surface area contributed by atoms with E-state index in [4.69, 9.17) is 4.74 Å². The molecule has 0 saturated heterocycles. The minimum atomic E-state index is 0.517. The van der Waals surface area contributed by atoms with Crippen LogP contribution in [-0.4, -0.2) is 36.1 Å². The molecule has 1 aliphatic rings. The summed E-state index contributed by atoms with van der Waals surface area (Å²) in [7, 11) is 1.87. The topological polar surface area (TPSA) is 82.7 Å². The van der Waals surface area contributed by atoms with Crippen molar-refractivity contribution in [1.29, 1.82) is 0 Å². The van der Waals surface area contributed by atoms with Gasteiger partial charge in [0.2, 0.25) is 5.95 Å². The van der Waals surface area contributed by atoms with Crippen LogP contribution in [0.25, 0.3) is 11.0 Å². The Hall–Kier alpha value is -3.42. The summed E-state index contributed by atoms with van der Waals surface area (Å²) in [6.45, 7) is 1.43. The van der Waals surface area contributed by atoms with E-state index in [1.807, 2.05) is 30.1 Å². The molecular weight excluding hydrogens is 354 g/mol. The van der Waals surface area contributed by atoms with Gasteiger partial charge in [-0.15, -0.1) is 0 Å². The third-order valence-corrected chi connectivity index (χ3v) is 4.75.